The van der Waals surface area contributed by atoms with Crippen LogP contribution < -0.4 is 0 Å². The Hall–Kier alpha value is -1.72. The summed E-state index contributed by atoms with van der Waals surface area (Å²) in [5.74, 6) is 0. The Labute approximate surface area is 118 Å². The molecule has 1 saturated heterocycles. The molecule has 0 radical (unpaired) electrons. The molecule has 0 saturated carbocycles. The van der Waals surface area contributed by atoms with Crippen molar-refractivity contribution in [2.45, 2.75) is 32.5 Å². The first kappa shape index (κ1) is 14.7. The van der Waals surface area contributed by atoms with Crippen LogP contribution in [-0.4, -0.2) is 24.4 Å². The molecule has 1 heterocycles. The van der Waals surface area contributed by atoms with Gasteiger partial charge in [-0.2, -0.15) is 0 Å². The lowest BCUT2D eigenvalue weighted by Gasteiger charge is -2.22. The summed E-state index contributed by atoms with van der Waals surface area (Å²) in [7, 11) is 0. The van der Waals surface area contributed by atoms with Crippen LogP contribution in [0.5, 0.6) is 0 Å². The van der Waals surface area contributed by atoms with Crippen LogP contribution >= 0.6 is 0 Å². The van der Waals surface area contributed by atoms with Gasteiger partial charge in [0.15, 0.2) is 6.29 Å². The summed E-state index contributed by atoms with van der Waals surface area (Å²) in [6, 6.07) is 6.73. The summed E-state index contributed by atoms with van der Waals surface area (Å²) < 4.78 is 11.1. The van der Waals surface area contributed by atoms with E-state index in [9.17, 15) is 10.1 Å². The first-order valence-corrected chi connectivity index (χ1v) is 6.82. The zero-order valence-corrected chi connectivity index (χ0v) is 11.6. The number of ether oxygens (including phenoxy) is 2. The van der Waals surface area contributed by atoms with Crippen molar-refractivity contribution in [2.75, 3.05) is 13.2 Å². The van der Waals surface area contributed by atoms with Crippen LogP contribution in [0.1, 0.15) is 31.7 Å². The summed E-state index contributed by atoms with van der Waals surface area (Å²) in [5, 5.41) is 11.0. The molecule has 0 aliphatic carbocycles. The van der Waals surface area contributed by atoms with Crippen molar-refractivity contribution in [1.82, 2.24) is 0 Å². The Kier molecular flexibility index (Phi) is 5.26. The molecule has 5 nitrogen and oxygen atoms in total. The van der Waals surface area contributed by atoms with Crippen LogP contribution in [0, 0.1) is 10.1 Å². The van der Waals surface area contributed by atoms with Gasteiger partial charge in [-0.1, -0.05) is 18.2 Å². The Bertz CT molecular complexity index is 492. The van der Waals surface area contributed by atoms with E-state index in [-0.39, 0.29) is 16.9 Å². The monoisotopic (exact) mass is 277 g/mol. The highest BCUT2D eigenvalue weighted by Crippen LogP contribution is 2.25. The minimum atomic E-state index is -0.363. The molecule has 1 aromatic carbocycles. The molecule has 1 aromatic rings. The number of nitrogens with zero attached hydrogens (tertiary/aromatic N) is 1. The quantitative estimate of drug-likeness (QED) is 0.610. The molecule has 1 aliphatic heterocycles. The molecule has 1 aliphatic rings. The lowest BCUT2D eigenvalue weighted by molar-refractivity contribution is -0.385. The molecule has 0 aromatic heterocycles. The normalized spacial score (nSPS) is 19.9. The summed E-state index contributed by atoms with van der Waals surface area (Å²) >= 11 is 0. The van der Waals surface area contributed by atoms with Gasteiger partial charge in [-0.25, -0.2) is 0 Å². The van der Waals surface area contributed by atoms with Gasteiger partial charge in [0.25, 0.3) is 5.69 Å². The van der Waals surface area contributed by atoms with E-state index in [1.54, 1.807) is 18.2 Å². The second-order valence-electron chi connectivity index (χ2n) is 4.79. The zero-order valence-electron chi connectivity index (χ0n) is 11.6. The van der Waals surface area contributed by atoms with Crippen LogP contribution in [0.3, 0.4) is 0 Å². The standard InChI is InChI=1S/C15H19NO4/c1-12(9-11-20-15-8-4-5-10-19-15)13-6-2-3-7-14(13)16(17)18/h2-3,6-7,9,15H,4-5,8,10-11H2,1H3/b12-9+. The number of nitro groups is 1. The lowest BCUT2D eigenvalue weighted by atomic mass is 10.1. The van der Waals surface area contributed by atoms with Gasteiger partial charge >= 0.3 is 0 Å². The van der Waals surface area contributed by atoms with E-state index in [2.05, 4.69) is 0 Å². The number of hydrogen-bond donors (Lipinski definition) is 0. The SMILES string of the molecule is C/C(=C\COC1CCCCO1)c1ccccc1[N+](=O)[O-]. The van der Waals surface area contributed by atoms with Gasteiger partial charge in [0.05, 0.1) is 17.1 Å². The van der Waals surface area contributed by atoms with Crippen molar-refractivity contribution in [2.24, 2.45) is 0 Å². The number of para-hydroxylation sites is 1. The minimum absolute atomic E-state index is 0.121. The maximum atomic E-state index is 11.0. The highest BCUT2D eigenvalue weighted by Gasteiger charge is 2.15. The number of rotatable bonds is 5. The van der Waals surface area contributed by atoms with E-state index in [0.717, 1.165) is 31.4 Å². The predicted molar refractivity (Wildman–Crippen MR) is 76.3 cm³/mol. The summed E-state index contributed by atoms with van der Waals surface area (Å²) in [4.78, 5) is 10.6. The van der Waals surface area contributed by atoms with Crippen LogP contribution in [-0.2, 0) is 9.47 Å². The molecule has 5 heteroatoms. The minimum Gasteiger partial charge on any atom is -0.353 e. The third-order valence-electron chi connectivity index (χ3n) is 3.34. The van der Waals surface area contributed by atoms with Gasteiger partial charge in [-0.3, -0.25) is 10.1 Å². The van der Waals surface area contributed by atoms with E-state index < -0.39 is 0 Å². The van der Waals surface area contributed by atoms with Crippen LogP contribution in [0.25, 0.3) is 5.57 Å². The maximum Gasteiger partial charge on any atom is 0.276 e. The highest BCUT2D eigenvalue weighted by molar-refractivity contribution is 5.71. The second-order valence-corrected chi connectivity index (χ2v) is 4.79. The van der Waals surface area contributed by atoms with Crippen molar-refractivity contribution in [3.05, 3.63) is 46.0 Å². The highest BCUT2D eigenvalue weighted by atomic mass is 16.7. The number of nitro benzene ring substituents is 1. The van der Waals surface area contributed by atoms with Crippen LogP contribution in [0.4, 0.5) is 5.69 Å². The van der Waals surface area contributed by atoms with Gasteiger partial charge in [0.2, 0.25) is 0 Å². The molecule has 1 unspecified atom stereocenters. The zero-order chi connectivity index (χ0) is 14.4. The summed E-state index contributed by atoms with van der Waals surface area (Å²) in [5.41, 5.74) is 1.59. The average Bonchev–Trinajstić information content (AvgIpc) is 2.48. The maximum absolute atomic E-state index is 11.0. The van der Waals surface area contributed by atoms with Crippen LogP contribution in [0.2, 0.25) is 0 Å². The van der Waals surface area contributed by atoms with Gasteiger partial charge in [-0.15, -0.1) is 0 Å². The fraction of sp³-hybridized carbons (Fsp3) is 0.467. The predicted octanol–water partition coefficient (Wildman–Crippen LogP) is 3.54. The van der Waals surface area contributed by atoms with E-state index in [0.29, 0.717) is 12.2 Å². The molecule has 20 heavy (non-hydrogen) atoms. The topological polar surface area (TPSA) is 61.6 Å². The second kappa shape index (κ2) is 7.17. The summed E-state index contributed by atoms with van der Waals surface area (Å²) in [6.07, 6.45) is 4.85. The van der Waals surface area contributed by atoms with Crippen molar-refractivity contribution in [3.8, 4) is 0 Å². The van der Waals surface area contributed by atoms with Gasteiger partial charge in [0.1, 0.15) is 0 Å². The molecule has 1 atom stereocenters. The van der Waals surface area contributed by atoms with Gasteiger partial charge in [0, 0.05) is 12.7 Å². The Morgan fingerprint density at radius 3 is 3.00 bits per heavy atom. The average molecular weight is 277 g/mol. The van der Waals surface area contributed by atoms with E-state index in [1.165, 1.54) is 6.07 Å². The number of benzene rings is 1. The van der Waals surface area contributed by atoms with E-state index >= 15 is 0 Å². The molecule has 2 rings (SSSR count). The molecule has 0 spiro atoms. The number of hydrogen-bond acceptors (Lipinski definition) is 4. The summed E-state index contributed by atoms with van der Waals surface area (Å²) in [6.45, 7) is 3.01. The molecule has 0 N–H and O–H groups in total. The Balaban J connectivity index is 1.97. The number of allylic oxidation sites excluding steroid dienone is 1. The third kappa shape index (κ3) is 3.88. The molecule has 1 fully saturated rings. The Morgan fingerprint density at radius 2 is 2.30 bits per heavy atom. The van der Waals surface area contributed by atoms with E-state index in [1.807, 2.05) is 13.0 Å². The van der Waals surface area contributed by atoms with Crippen molar-refractivity contribution >= 4 is 11.3 Å². The van der Waals surface area contributed by atoms with Crippen molar-refractivity contribution < 1.29 is 14.4 Å². The van der Waals surface area contributed by atoms with Crippen molar-refractivity contribution in [3.63, 3.8) is 0 Å². The van der Waals surface area contributed by atoms with E-state index in [4.69, 9.17) is 9.47 Å². The fourth-order valence-corrected chi connectivity index (χ4v) is 2.20. The van der Waals surface area contributed by atoms with Gasteiger partial charge in [-0.05, 0) is 37.8 Å². The fourth-order valence-electron chi connectivity index (χ4n) is 2.20. The van der Waals surface area contributed by atoms with Crippen molar-refractivity contribution in [1.29, 1.82) is 0 Å². The molecular formula is C15H19NO4. The lowest BCUT2D eigenvalue weighted by Crippen LogP contribution is -2.22. The smallest absolute Gasteiger partial charge is 0.276 e. The van der Waals surface area contributed by atoms with Gasteiger partial charge < -0.3 is 9.47 Å². The molecular weight excluding hydrogens is 258 g/mol. The molecule has 108 valence electrons. The largest absolute Gasteiger partial charge is 0.353 e. The first-order chi connectivity index (χ1) is 9.68. The third-order valence-corrected chi connectivity index (χ3v) is 3.34. The van der Waals surface area contributed by atoms with Crippen LogP contribution in [0.15, 0.2) is 30.3 Å². The first-order valence-electron chi connectivity index (χ1n) is 6.82. The molecule has 0 amide bonds. The molecule has 0 bridgehead atoms. The Morgan fingerprint density at radius 1 is 1.50 bits per heavy atom.